The van der Waals surface area contributed by atoms with Crippen molar-refractivity contribution in [3.05, 3.63) is 101 Å². The molecule has 1 saturated heterocycles. The molecule has 7 nitrogen and oxygen atoms in total. The van der Waals surface area contributed by atoms with Gasteiger partial charge in [-0.25, -0.2) is 13.6 Å². The Bertz CT molecular complexity index is 1260. The molecule has 0 saturated carbocycles. The Morgan fingerprint density at radius 1 is 0.971 bits per heavy atom. The molecule has 1 aliphatic heterocycles. The molecular weight excluding hydrogens is 444 g/mol. The normalized spacial score (nSPS) is 14.3. The molecule has 172 valence electrons. The van der Waals surface area contributed by atoms with Gasteiger partial charge in [0.05, 0.1) is 6.54 Å². The van der Waals surface area contributed by atoms with E-state index in [9.17, 15) is 23.2 Å². The van der Waals surface area contributed by atoms with Crippen LogP contribution in [0.5, 0.6) is 5.75 Å². The Labute approximate surface area is 193 Å². The number of ether oxygens (including phenoxy) is 1. The number of hydrogen-bond acceptors (Lipinski definition) is 4. The van der Waals surface area contributed by atoms with Gasteiger partial charge in [0.2, 0.25) is 0 Å². The van der Waals surface area contributed by atoms with E-state index in [-0.39, 0.29) is 24.4 Å². The van der Waals surface area contributed by atoms with Crippen molar-refractivity contribution in [3.63, 3.8) is 0 Å². The van der Waals surface area contributed by atoms with Crippen molar-refractivity contribution in [1.82, 2.24) is 10.2 Å². The fourth-order valence-electron chi connectivity index (χ4n) is 3.22. The Morgan fingerprint density at radius 2 is 1.68 bits per heavy atom. The predicted octanol–water partition coefficient (Wildman–Crippen LogP) is 4.08. The van der Waals surface area contributed by atoms with Crippen LogP contribution < -0.4 is 15.4 Å². The fourth-order valence-corrected chi connectivity index (χ4v) is 3.22. The lowest BCUT2D eigenvalue weighted by atomic mass is 10.1. The zero-order valence-electron chi connectivity index (χ0n) is 17.8. The number of urea groups is 1. The lowest BCUT2D eigenvalue weighted by Crippen LogP contribution is -2.30. The van der Waals surface area contributed by atoms with Gasteiger partial charge in [0.1, 0.15) is 23.1 Å². The van der Waals surface area contributed by atoms with Crippen LogP contribution in [0.25, 0.3) is 6.08 Å². The Morgan fingerprint density at radius 3 is 2.38 bits per heavy atom. The van der Waals surface area contributed by atoms with Crippen LogP contribution in [0.15, 0.2) is 78.5 Å². The lowest BCUT2D eigenvalue weighted by molar-refractivity contribution is -0.123. The van der Waals surface area contributed by atoms with E-state index in [2.05, 4.69) is 10.6 Å². The van der Waals surface area contributed by atoms with Crippen molar-refractivity contribution < 1.29 is 27.9 Å². The van der Waals surface area contributed by atoms with E-state index in [0.29, 0.717) is 17.0 Å². The average molecular weight is 463 g/mol. The maximum absolute atomic E-state index is 13.9. The third-order valence-corrected chi connectivity index (χ3v) is 4.94. The van der Waals surface area contributed by atoms with Crippen molar-refractivity contribution in [2.24, 2.45) is 0 Å². The van der Waals surface area contributed by atoms with E-state index in [1.54, 1.807) is 30.3 Å². The minimum atomic E-state index is -0.633. The number of nitrogens with zero attached hydrogens (tertiary/aromatic N) is 1. The van der Waals surface area contributed by atoms with E-state index >= 15 is 0 Å². The number of hydrogen-bond donors (Lipinski definition) is 2. The molecule has 1 fully saturated rings. The molecule has 3 aromatic carbocycles. The maximum atomic E-state index is 13.9. The molecule has 0 aromatic heterocycles. The highest BCUT2D eigenvalue weighted by Gasteiger charge is 2.33. The average Bonchev–Trinajstić information content (AvgIpc) is 3.09. The Kier molecular flexibility index (Phi) is 6.63. The van der Waals surface area contributed by atoms with Gasteiger partial charge in [-0.3, -0.25) is 14.5 Å². The number of amides is 4. The van der Waals surface area contributed by atoms with Crippen molar-refractivity contribution >= 4 is 29.6 Å². The van der Waals surface area contributed by atoms with Gasteiger partial charge in [0.25, 0.3) is 11.8 Å². The molecule has 0 bridgehead atoms. The lowest BCUT2D eigenvalue weighted by Gasteiger charge is -2.12. The first-order valence-corrected chi connectivity index (χ1v) is 10.3. The summed E-state index contributed by atoms with van der Waals surface area (Å²) in [7, 11) is 0. The summed E-state index contributed by atoms with van der Waals surface area (Å²) in [6.07, 6.45) is 1.49. The van der Waals surface area contributed by atoms with E-state index in [1.807, 2.05) is 0 Å². The number of benzene rings is 3. The molecule has 4 amide bonds. The highest BCUT2D eigenvalue weighted by Crippen LogP contribution is 2.20. The van der Waals surface area contributed by atoms with E-state index < -0.39 is 29.5 Å². The number of anilines is 1. The van der Waals surface area contributed by atoms with Crippen molar-refractivity contribution in [3.8, 4) is 5.75 Å². The molecule has 0 atom stereocenters. The number of carbonyl (C=O) groups excluding carboxylic acids is 3. The Balaban J connectivity index is 1.34. The van der Waals surface area contributed by atoms with Crippen molar-refractivity contribution in [1.29, 1.82) is 0 Å². The van der Waals surface area contributed by atoms with Crippen LogP contribution in [0.1, 0.15) is 11.1 Å². The smallest absolute Gasteiger partial charge is 0.329 e. The number of halogens is 2. The molecule has 0 aliphatic carbocycles. The van der Waals surface area contributed by atoms with Crippen LogP contribution in [0.4, 0.5) is 19.3 Å². The molecule has 1 heterocycles. The van der Waals surface area contributed by atoms with E-state index in [0.717, 1.165) is 4.90 Å². The molecule has 0 unspecified atom stereocenters. The highest BCUT2D eigenvalue weighted by atomic mass is 19.1. The summed E-state index contributed by atoms with van der Waals surface area (Å²) in [5, 5.41) is 5.08. The first-order valence-electron chi connectivity index (χ1n) is 10.3. The van der Waals surface area contributed by atoms with Gasteiger partial charge >= 0.3 is 6.03 Å². The van der Waals surface area contributed by atoms with Crippen molar-refractivity contribution in [2.75, 3.05) is 11.9 Å². The van der Waals surface area contributed by atoms with Gasteiger partial charge in [-0.2, -0.15) is 0 Å². The quantitative estimate of drug-likeness (QED) is 0.408. The molecule has 34 heavy (non-hydrogen) atoms. The molecule has 0 spiro atoms. The van der Waals surface area contributed by atoms with Crippen LogP contribution in [0.3, 0.4) is 0 Å². The largest absolute Gasteiger partial charge is 0.484 e. The summed E-state index contributed by atoms with van der Waals surface area (Å²) >= 11 is 0. The third-order valence-electron chi connectivity index (χ3n) is 4.94. The number of carbonyl (C=O) groups is 3. The van der Waals surface area contributed by atoms with Gasteiger partial charge in [0.15, 0.2) is 6.61 Å². The minimum Gasteiger partial charge on any atom is -0.484 e. The van der Waals surface area contributed by atoms with Gasteiger partial charge in [-0.05, 0) is 54.1 Å². The zero-order valence-corrected chi connectivity index (χ0v) is 17.8. The SMILES string of the molecule is O=C(COc1ccc(/C=C2/NC(=O)N(Cc3ccccc3F)C2=O)cc1)Nc1ccc(F)cc1. The first kappa shape index (κ1) is 22.7. The fraction of sp³-hybridized carbons (Fsp3) is 0.0800. The molecule has 3 aromatic rings. The molecule has 4 rings (SSSR count). The van der Waals surface area contributed by atoms with Crippen molar-refractivity contribution in [2.45, 2.75) is 6.54 Å². The molecule has 1 aliphatic rings. The molecule has 9 heteroatoms. The summed E-state index contributed by atoms with van der Waals surface area (Å²) < 4.78 is 32.2. The minimum absolute atomic E-state index is 0.0636. The summed E-state index contributed by atoms with van der Waals surface area (Å²) in [6, 6.07) is 17.2. The summed E-state index contributed by atoms with van der Waals surface area (Å²) in [5.74, 6) is -1.46. The summed E-state index contributed by atoms with van der Waals surface area (Å²) in [5.41, 5.74) is 1.36. The summed E-state index contributed by atoms with van der Waals surface area (Å²) in [4.78, 5) is 37.7. The second kappa shape index (κ2) is 9.95. The standard InChI is InChI=1S/C25H19F2N3O4/c26-18-7-9-19(10-8-18)28-23(31)15-34-20-11-5-16(6-12-20)13-22-24(32)30(25(33)29-22)14-17-3-1-2-4-21(17)27/h1-13H,14-15H2,(H,28,31)(H,29,33)/b22-13+. The molecular formula is C25H19F2N3O4. The number of imide groups is 1. The Hall–Kier alpha value is -4.53. The second-order valence-corrected chi connectivity index (χ2v) is 7.38. The first-order chi connectivity index (χ1) is 16.4. The van der Waals surface area contributed by atoms with Crippen LogP contribution in [-0.4, -0.2) is 29.4 Å². The van der Waals surface area contributed by atoms with E-state index in [4.69, 9.17) is 4.74 Å². The van der Waals surface area contributed by atoms with Crippen LogP contribution in [0, 0.1) is 11.6 Å². The summed E-state index contributed by atoms with van der Waals surface area (Å²) in [6.45, 7) is -0.432. The monoisotopic (exact) mass is 463 g/mol. The van der Waals surface area contributed by atoms with Gasteiger partial charge in [-0.15, -0.1) is 0 Å². The van der Waals surface area contributed by atoms with E-state index in [1.165, 1.54) is 48.5 Å². The maximum Gasteiger partial charge on any atom is 0.329 e. The van der Waals surface area contributed by atoms with Gasteiger partial charge in [0, 0.05) is 11.3 Å². The highest BCUT2D eigenvalue weighted by molar-refractivity contribution is 6.13. The predicted molar refractivity (Wildman–Crippen MR) is 120 cm³/mol. The van der Waals surface area contributed by atoms with Crippen LogP contribution in [-0.2, 0) is 16.1 Å². The second-order valence-electron chi connectivity index (χ2n) is 7.38. The zero-order chi connectivity index (χ0) is 24.1. The molecule has 0 radical (unpaired) electrons. The van der Waals surface area contributed by atoms with Gasteiger partial charge in [-0.1, -0.05) is 30.3 Å². The number of rotatable bonds is 7. The van der Waals surface area contributed by atoms with Crippen LogP contribution in [0.2, 0.25) is 0 Å². The topological polar surface area (TPSA) is 87.7 Å². The number of nitrogens with one attached hydrogen (secondary N) is 2. The van der Waals surface area contributed by atoms with Gasteiger partial charge < -0.3 is 15.4 Å². The third kappa shape index (κ3) is 5.44. The van der Waals surface area contributed by atoms with Crippen LogP contribution >= 0.6 is 0 Å². The molecule has 2 N–H and O–H groups in total.